The van der Waals surface area contributed by atoms with E-state index in [9.17, 15) is 14.0 Å². The third kappa shape index (κ3) is 4.17. The van der Waals surface area contributed by atoms with Crippen LogP contribution in [-0.2, 0) is 9.59 Å². The lowest BCUT2D eigenvalue weighted by Crippen LogP contribution is -2.47. The highest BCUT2D eigenvalue weighted by molar-refractivity contribution is 5.85. The highest BCUT2D eigenvalue weighted by atomic mass is 19.1. The maximum absolute atomic E-state index is 13.1. The molecule has 2 amide bonds. The predicted octanol–water partition coefficient (Wildman–Crippen LogP) is 2.20. The van der Waals surface area contributed by atoms with Gasteiger partial charge in [-0.05, 0) is 49.9 Å². The molecule has 3 heterocycles. The second kappa shape index (κ2) is 8.53. The van der Waals surface area contributed by atoms with Crippen molar-refractivity contribution in [3.05, 3.63) is 30.1 Å². The Morgan fingerprint density at radius 3 is 2.30 bits per heavy atom. The van der Waals surface area contributed by atoms with Crippen LogP contribution in [0, 0.1) is 11.2 Å². The molecule has 0 aliphatic carbocycles. The number of benzene rings is 1. The van der Waals surface area contributed by atoms with Gasteiger partial charge in [0.05, 0.1) is 5.41 Å². The Bertz CT molecular complexity index is 768. The van der Waals surface area contributed by atoms with Crippen LogP contribution >= 0.6 is 0 Å². The molecule has 6 nitrogen and oxygen atoms in total. The van der Waals surface area contributed by atoms with Crippen LogP contribution in [0.3, 0.4) is 0 Å². The van der Waals surface area contributed by atoms with Crippen LogP contribution in [0.2, 0.25) is 0 Å². The third-order valence-electron chi connectivity index (χ3n) is 7.46. The zero-order valence-electron chi connectivity index (χ0n) is 18.1. The van der Waals surface area contributed by atoms with Crippen molar-refractivity contribution in [3.63, 3.8) is 0 Å². The number of carbonyl (C=O) groups is 2. The van der Waals surface area contributed by atoms with Gasteiger partial charge in [0.25, 0.3) is 0 Å². The number of hydrogen-bond acceptors (Lipinski definition) is 4. The summed E-state index contributed by atoms with van der Waals surface area (Å²) in [6.45, 7) is 7.86. The molecule has 0 unspecified atom stereocenters. The molecule has 0 bridgehead atoms. The van der Waals surface area contributed by atoms with Crippen LogP contribution in [0.5, 0.6) is 0 Å². The fourth-order valence-corrected chi connectivity index (χ4v) is 5.39. The average molecular weight is 417 g/mol. The first-order chi connectivity index (χ1) is 14.4. The van der Waals surface area contributed by atoms with Crippen molar-refractivity contribution < 1.29 is 14.0 Å². The van der Waals surface area contributed by atoms with Gasteiger partial charge in [-0.3, -0.25) is 14.5 Å². The van der Waals surface area contributed by atoms with E-state index in [2.05, 4.69) is 9.80 Å². The number of hydrogen-bond donors (Lipinski definition) is 0. The Morgan fingerprint density at radius 1 is 1.07 bits per heavy atom. The summed E-state index contributed by atoms with van der Waals surface area (Å²) in [5, 5.41) is 0. The molecule has 1 aromatic carbocycles. The Morgan fingerprint density at radius 2 is 1.70 bits per heavy atom. The number of piperidine rings is 1. The average Bonchev–Trinajstić information content (AvgIpc) is 2.98. The van der Waals surface area contributed by atoms with Crippen LogP contribution in [-0.4, -0.2) is 85.4 Å². The summed E-state index contributed by atoms with van der Waals surface area (Å²) in [6.07, 6.45) is 3.51. The SMILES string of the molecule is CC(=O)N1CCC2(CC1)C[C@H](CCN1CCN(c3ccc(F)cc3)CC1)N(C)C2=O. The number of nitrogens with zero attached hydrogens (tertiary/aromatic N) is 4. The van der Waals surface area contributed by atoms with E-state index in [0.29, 0.717) is 13.1 Å². The maximum atomic E-state index is 13.1. The van der Waals surface area contributed by atoms with Gasteiger partial charge >= 0.3 is 0 Å². The van der Waals surface area contributed by atoms with Gasteiger partial charge < -0.3 is 14.7 Å². The van der Waals surface area contributed by atoms with Crippen molar-refractivity contribution in [1.82, 2.24) is 14.7 Å². The Kier molecular flexibility index (Phi) is 6.00. The zero-order chi connectivity index (χ0) is 21.3. The van der Waals surface area contributed by atoms with E-state index >= 15 is 0 Å². The lowest BCUT2D eigenvalue weighted by Gasteiger charge is -2.37. The van der Waals surface area contributed by atoms with Gasteiger partial charge in [-0.1, -0.05) is 0 Å². The summed E-state index contributed by atoms with van der Waals surface area (Å²) in [4.78, 5) is 33.3. The van der Waals surface area contributed by atoms with Gasteiger partial charge in [0.15, 0.2) is 0 Å². The first-order valence-electron chi connectivity index (χ1n) is 11.1. The second-order valence-corrected chi connectivity index (χ2v) is 9.15. The number of rotatable bonds is 4. The third-order valence-corrected chi connectivity index (χ3v) is 7.46. The summed E-state index contributed by atoms with van der Waals surface area (Å²) < 4.78 is 13.1. The lowest BCUT2D eigenvalue weighted by atomic mass is 9.75. The summed E-state index contributed by atoms with van der Waals surface area (Å²) in [7, 11) is 1.95. The fraction of sp³-hybridized carbons (Fsp3) is 0.652. The van der Waals surface area contributed by atoms with Crippen LogP contribution in [0.25, 0.3) is 0 Å². The molecule has 4 rings (SSSR count). The van der Waals surface area contributed by atoms with E-state index in [1.165, 1.54) is 12.1 Å². The van der Waals surface area contributed by atoms with Crippen molar-refractivity contribution >= 4 is 17.5 Å². The molecule has 0 saturated carbocycles. The number of amides is 2. The van der Waals surface area contributed by atoms with Crippen molar-refractivity contribution in [2.24, 2.45) is 5.41 Å². The van der Waals surface area contributed by atoms with Gasteiger partial charge in [-0.2, -0.15) is 0 Å². The minimum Gasteiger partial charge on any atom is -0.369 e. The van der Waals surface area contributed by atoms with Crippen LogP contribution in [0.15, 0.2) is 24.3 Å². The largest absolute Gasteiger partial charge is 0.369 e. The van der Waals surface area contributed by atoms with E-state index < -0.39 is 0 Å². The second-order valence-electron chi connectivity index (χ2n) is 9.15. The highest BCUT2D eigenvalue weighted by Crippen LogP contribution is 2.44. The molecule has 164 valence electrons. The van der Waals surface area contributed by atoms with E-state index in [-0.39, 0.29) is 29.1 Å². The number of anilines is 1. The standard InChI is InChI=1S/C23H33FN4O2/c1-18(29)27-11-8-23(9-12-27)17-21(25(2)22(23)30)7-10-26-13-15-28(16-14-26)20-5-3-19(24)4-6-20/h3-6,21H,7-17H2,1-2H3/t21-/m0/s1. The molecule has 7 heteroatoms. The van der Waals surface area contributed by atoms with E-state index in [1.807, 2.05) is 29.0 Å². The number of halogens is 1. The van der Waals surface area contributed by atoms with Crippen LogP contribution < -0.4 is 4.90 Å². The molecule has 3 aliphatic rings. The van der Waals surface area contributed by atoms with Crippen molar-refractivity contribution in [1.29, 1.82) is 0 Å². The summed E-state index contributed by atoms with van der Waals surface area (Å²) in [6, 6.07) is 7.02. The number of likely N-dealkylation sites (tertiary alicyclic amines) is 2. The van der Waals surface area contributed by atoms with E-state index in [4.69, 9.17) is 0 Å². The molecule has 1 atom stereocenters. The minimum absolute atomic E-state index is 0.111. The maximum Gasteiger partial charge on any atom is 0.228 e. The predicted molar refractivity (Wildman–Crippen MR) is 115 cm³/mol. The molecular formula is C23H33FN4O2. The molecule has 0 N–H and O–H groups in total. The zero-order valence-corrected chi connectivity index (χ0v) is 18.1. The first-order valence-corrected chi connectivity index (χ1v) is 11.1. The molecular weight excluding hydrogens is 383 g/mol. The number of piperazine rings is 1. The molecule has 30 heavy (non-hydrogen) atoms. The van der Waals surface area contributed by atoms with Crippen molar-refractivity contribution in [3.8, 4) is 0 Å². The summed E-state index contributed by atoms with van der Waals surface area (Å²) in [5.74, 6) is 0.189. The number of carbonyl (C=O) groups excluding carboxylic acids is 2. The molecule has 0 radical (unpaired) electrons. The smallest absolute Gasteiger partial charge is 0.228 e. The lowest BCUT2D eigenvalue weighted by molar-refractivity contribution is -0.141. The molecule has 1 aromatic rings. The van der Waals surface area contributed by atoms with Gasteiger partial charge in [0.1, 0.15) is 5.82 Å². The summed E-state index contributed by atoms with van der Waals surface area (Å²) in [5.41, 5.74) is 0.822. The monoisotopic (exact) mass is 416 g/mol. The van der Waals surface area contributed by atoms with Crippen molar-refractivity contribution in [2.75, 3.05) is 57.8 Å². The summed E-state index contributed by atoms with van der Waals surface area (Å²) >= 11 is 0. The Balaban J connectivity index is 1.26. The normalized spacial score (nSPS) is 24.7. The Labute approximate surface area is 178 Å². The van der Waals surface area contributed by atoms with E-state index in [0.717, 1.165) is 64.1 Å². The quantitative estimate of drug-likeness (QED) is 0.755. The Hall–Kier alpha value is -2.15. The highest BCUT2D eigenvalue weighted by Gasteiger charge is 2.51. The molecule has 0 aromatic heterocycles. The first kappa shape index (κ1) is 21.1. The fourth-order valence-electron chi connectivity index (χ4n) is 5.39. The molecule has 3 aliphatic heterocycles. The van der Waals surface area contributed by atoms with Gasteiger partial charge in [0.2, 0.25) is 11.8 Å². The minimum atomic E-state index is -0.257. The van der Waals surface area contributed by atoms with Gasteiger partial charge in [-0.25, -0.2) is 4.39 Å². The van der Waals surface area contributed by atoms with Gasteiger partial charge in [0, 0.05) is 71.5 Å². The topological polar surface area (TPSA) is 47.1 Å². The van der Waals surface area contributed by atoms with Crippen LogP contribution in [0.1, 0.15) is 32.6 Å². The molecule has 3 fully saturated rings. The van der Waals surface area contributed by atoms with E-state index in [1.54, 1.807) is 6.92 Å². The van der Waals surface area contributed by atoms with Crippen LogP contribution in [0.4, 0.5) is 10.1 Å². The molecule has 1 spiro atoms. The van der Waals surface area contributed by atoms with Crippen molar-refractivity contribution in [2.45, 2.75) is 38.6 Å². The molecule has 3 saturated heterocycles. The van der Waals surface area contributed by atoms with Gasteiger partial charge in [-0.15, -0.1) is 0 Å².